The fourth-order valence-corrected chi connectivity index (χ4v) is 4.35. The van der Waals surface area contributed by atoms with Crippen molar-refractivity contribution in [2.45, 2.75) is 11.8 Å². The summed E-state index contributed by atoms with van der Waals surface area (Å²) in [6.07, 6.45) is 0. The summed E-state index contributed by atoms with van der Waals surface area (Å²) in [4.78, 5) is 12.3. The Kier molecular flexibility index (Phi) is 6.11. The first-order valence-corrected chi connectivity index (χ1v) is 10.4. The van der Waals surface area contributed by atoms with Gasteiger partial charge < -0.3 is 4.74 Å². The molecule has 3 aromatic rings. The van der Waals surface area contributed by atoms with Gasteiger partial charge in [-0.05, 0) is 30.7 Å². The zero-order chi connectivity index (χ0) is 20.0. The minimum atomic E-state index is -3.97. The number of benzene rings is 3. The molecule has 3 aromatic carbocycles. The number of rotatable bonds is 7. The summed E-state index contributed by atoms with van der Waals surface area (Å²) in [5.41, 5.74) is 1.99. The molecule has 0 aromatic heterocycles. The zero-order valence-corrected chi connectivity index (χ0v) is 16.3. The summed E-state index contributed by atoms with van der Waals surface area (Å²) < 4.78 is 32.9. The molecule has 6 heteroatoms. The third kappa shape index (κ3) is 4.23. The van der Waals surface area contributed by atoms with Crippen LogP contribution < -0.4 is 4.31 Å². The van der Waals surface area contributed by atoms with Crippen LogP contribution in [-0.4, -0.2) is 27.5 Å². The van der Waals surface area contributed by atoms with Crippen molar-refractivity contribution in [1.82, 2.24) is 0 Å². The number of para-hydroxylation sites is 1. The maximum absolute atomic E-state index is 13.4. The van der Waals surface area contributed by atoms with Gasteiger partial charge in [0.15, 0.2) is 0 Å². The van der Waals surface area contributed by atoms with E-state index in [1.165, 1.54) is 12.1 Å². The third-order valence-corrected chi connectivity index (χ3v) is 5.94. The molecule has 0 fully saturated rings. The summed E-state index contributed by atoms with van der Waals surface area (Å²) in [5, 5.41) is 0. The van der Waals surface area contributed by atoms with E-state index in [-0.39, 0.29) is 11.5 Å². The van der Waals surface area contributed by atoms with E-state index in [9.17, 15) is 13.2 Å². The first kappa shape index (κ1) is 19.6. The van der Waals surface area contributed by atoms with E-state index in [0.717, 1.165) is 9.87 Å². The number of sulfonamides is 1. The van der Waals surface area contributed by atoms with Crippen LogP contribution in [0.2, 0.25) is 0 Å². The number of ether oxygens (including phenoxy) is 1. The minimum Gasteiger partial charge on any atom is -0.465 e. The van der Waals surface area contributed by atoms with Crippen LogP contribution in [0, 0.1) is 0 Å². The van der Waals surface area contributed by atoms with Crippen LogP contribution in [0.1, 0.15) is 6.92 Å². The van der Waals surface area contributed by atoms with Crippen molar-refractivity contribution in [3.8, 4) is 11.1 Å². The van der Waals surface area contributed by atoms with Gasteiger partial charge in [-0.2, -0.15) is 0 Å². The Bertz CT molecular complexity index is 1030. The molecule has 0 atom stereocenters. The molecule has 28 heavy (non-hydrogen) atoms. The van der Waals surface area contributed by atoms with E-state index in [4.69, 9.17) is 4.74 Å². The normalized spacial score (nSPS) is 11.0. The Morgan fingerprint density at radius 1 is 0.857 bits per heavy atom. The molecule has 0 radical (unpaired) electrons. The van der Waals surface area contributed by atoms with Crippen molar-refractivity contribution in [3.05, 3.63) is 84.9 Å². The van der Waals surface area contributed by atoms with Crippen molar-refractivity contribution >= 4 is 21.7 Å². The zero-order valence-electron chi connectivity index (χ0n) is 15.5. The molecule has 0 amide bonds. The van der Waals surface area contributed by atoms with Gasteiger partial charge in [0, 0.05) is 5.56 Å². The second-order valence-electron chi connectivity index (χ2n) is 6.01. The van der Waals surface area contributed by atoms with Crippen LogP contribution in [0.4, 0.5) is 5.69 Å². The SMILES string of the molecule is CCOC(=O)CN(c1ccccc1-c1ccccc1)S(=O)(=O)c1ccccc1. The van der Waals surface area contributed by atoms with E-state index in [0.29, 0.717) is 11.3 Å². The molecule has 0 N–H and O–H groups in total. The quantitative estimate of drug-likeness (QED) is 0.565. The highest BCUT2D eigenvalue weighted by Gasteiger charge is 2.29. The van der Waals surface area contributed by atoms with Crippen LogP contribution >= 0.6 is 0 Å². The van der Waals surface area contributed by atoms with Crippen molar-refractivity contribution in [1.29, 1.82) is 0 Å². The molecular formula is C22H21NO4S. The third-order valence-electron chi connectivity index (χ3n) is 4.17. The summed E-state index contributed by atoms with van der Waals surface area (Å²) >= 11 is 0. The fourth-order valence-electron chi connectivity index (χ4n) is 2.90. The molecule has 0 aliphatic rings. The highest BCUT2D eigenvalue weighted by Crippen LogP contribution is 2.34. The first-order chi connectivity index (χ1) is 13.5. The van der Waals surface area contributed by atoms with Gasteiger partial charge in [0.25, 0.3) is 10.0 Å². The Balaban J connectivity index is 2.15. The van der Waals surface area contributed by atoms with Crippen molar-refractivity contribution in [2.75, 3.05) is 17.5 Å². The lowest BCUT2D eigenvalue weighted by Crippen LogP contribution is -2.37. The first-order valence-electron chi connectivity index (χ1n) is 8.92. The number of carbonyl (C=O) groups excluding carboxylic acids is 1. The van der Waals surface area contributed by atoms with Crippen molar-refractivity contribution in [2.24, 2.45) is 0 Å². The average Bonchev–Trinajstić information content (AvgIpc) is 2.73. The summed E-state index contributed by atoms with van der Waals surface area (Å²) in [6.45, 7) is 1.46. The number of esters is 1. The largest absolute Gasteiger partial charge is 0.465 e. The van der Waals surface area contributed by atoms with Gasteiger partial charge in [-0.25, -0.2) is 8.42 Å². The fraction of sp³-hybridized carbons (Fsp3) is 0.136. The second kappa shape index (κ2) is 8.71. The van der Waals surface area contributed by atoms with Crippen molar-refractivity contribution < 1.29 is 17.9 Å². The van der Waals surface area contributed by atoms with E-state index in [2.05, 4.69) is 0 Å². The monoisotopic (exact) mass is 395 g/mol. The Labute approximate surface area is 165 Å². The number of carbonyl (C=O) groups is 1. The maximum Gasteiger partial charge on any atom is 0.326 e. The van der Waals surface area contributed by atoms with Crippen LogP contribution in [0.25, 0.3) is 11.1 Å². The van der Waals surface area contributed by atoms with Crippen LogP contribution in [-0.2, 0) is 19.6 Å². The second-order valence-corrected chi connectivity index (χ2v) is 7.88. The smallest absolute Gasteiger partial charge is 0.326 e. The van der Waals surface area contributed by atoms with Crippen molar-refractivity contribution in [3.63, 3.8) is 0 Å². The van der Waals surface area contributed by atoms with E-state index in [1.54, 1.807) is 37.3 Å². The Morgan fingerprint density at radius 3 is 2.07 bits per heavy atom. The van der Waals surface area contributed by atoms with Gasteiger partial charge in [-0.1, -0.05) is 66.7 Å². The molecule has 0 aliphatic carbocycles. The van der Waals surface area contributed by atoms with Gasteiger partial charge in [0.1, 0.15) is 6.54 Å². The molecule has 0 unspecified atom stereocenters. The number of hydrogen-bond donors (Lipinski definition) is 0. The highest BCUT2D eigenvalue weighted by atomic mass is 32.2. The number of hydrogen-bond acceptors (Lipinski definition) is 4. The average molecular weight is 395 g/mol. The van der Waals surface area contributed by atoms with Crippen LogP contribution in [0.3, 0.4) is 0 Å². The van der Waals surface area contributed by atoms with Crippen LogP contribution in [0.15, 0.2) is 89.8 Å². The maximum atomic E-state index is 13.4. The Morgan fingerprint density at radius 2 is 1.43 bits per heavy atom. The van der Waals surface area contributed by atoms with E-state index in [1.807, 2.05) is 42.5 Å². The summed E-state index contributed by atoms with van der Waals surface area (Å²) in [5.74, 6) is -0.607. The van der Waals surface area contributed by atoms with Gasteiger partial charge in [-0.3, -0.25) is 9.10 Å². The topological polar surface area (TPSA) is 63.7 Å². The molecule has 0 aliphatic heterocycles. The number of nitrogens with zero attached hydrogens (tertiary/aromatic N) is 1. The van der Waals surface area contributed by atoms with E-state index >= 15 is 0 Å². The lowest BCUT2D eigenvalue weighted by atomic mass is 10.0. The van der Waals surface area contributed by atoms with Gasteiger partial charge >= 0.3 is 5.97 Å². The lowest BCUT2D eigenvalue weighted by Gasteiger charge is -2.26. The predicted octanol–water partition coefficient (Wildman–Crippen LogP) is 4.11. The van der Waals surface area contributed by atoms with Gasteiger partial charge in [-0.15, -0.1) is 0 Å². The molecule has 3 rings (SSSR count). The molecular weight excluding hydrogens is 374 g/mol. The van der Waals surface area contributed by atoms with Gasteiger partial charge in [0.05, 0.1) is 17.2 Å². The molecule has 5 nitrogen and oxygen atoms in total. The minimum absolute atomic E-state index is 0.113. The standard InChI is InChI=1S/C22H21NO4S/c1-2-27-22(24)17-23(28(25,26)19-13-7-4-8-14-19)21-16-10-9-15-20(21)18-11-5-3-6-12-18/h3-16H,2,17H2,1H3. The van der Waals surface area contributed by atoms with Crippen LogP contribution in [0.5, 0.6) is 0 Å². The predicted molar refractivity (Wildman–Crippen MR) is 109 cm³/mol. The van der Waals surface area contributed by atoms with E-state index < -0.39 is 22.5 Å². The summed E-state index contributed by atoms with van der Waals surface area (Å²) in [7, 11) is -3.97. The summed E-state index contributed by atoms with van der Waals surface area (Å²) in [6, 6.07) is 24.6. The van der Waals surface area contributed by atoms with Gasteiger partial charge in [0.2, 0.25) is 0 Å². The molecule has 0 saturated heterocycles. The lowest BCUT2D eigenvalue weighted by molar-refractivity contribution is -0.141. The number of anilines is 1. The molecule has 0 bridgehead atoms. The molecule has 0 spiro atoms. The molecule has 144 valence electrons. The Hall–Kier alpha value is -3.12. The molecule has 0 saturated carbocycles. The highest BCUT2D eigenvalue weighted by molar-refractivity contribution is 7.92. The molecule has 0 heterocycles.